The molecule has 0 aliphatic heterocycles. The number of rotatable bonds is 5. The van der Waals surface area contributed by atoms with Crippen molar-refractivity contribution in [2.24, 2.45) is 0 Å². The molecule has 0 saturated heterocycles. The van der Waals surface area contributed by atoms with Crippen LogP contribution in [0.3, 0.4) is 0 Å². The van der Waals surface area contributed by atoms with Crippen molar-refractivity contribution in [2.45, 2.75) is 32.7 Å². The molecule has 1 N–H and O–H groups in total. The SMILES string of the molecule is CCCC(C)N(C)c1cccc(NC)n1. The van der Waals surface area contributed by atoms with Crippen LogP contribution in [0.2, 0.25) is 0 Å². The third-order valence-corrected chi connectivity index (χ3v) is 2.72. The smallest absolute Gasteiger partial charge is 0.130 e. The highest BCUT2D eigenvalue weighted by Gasteiger charge is 2.09. The second-order valence-electron chi connectivity index (χ2n) is 3.88. The van der Waals surface area contributed by atoms with Gasteiger partial charge in [0.05, 0.1) is 0 Å². The maximum Gasteiger partial charge on any atom is 0.130 e. The first kappa shape index (κ1) is 11.8. The normalized spacial score (nSPS) is 12.3. The van der Waals surface area contributed by atoms with Gasteiger partial charge in [0.1, 0.15) is 11.6 Å². The second kappa shape index (κ2) is 5.59. The quantitative estimate of drug-likeness (QED) is 0.804. The zero-order valence-corrected chi connectivity index (χ0v) is 10.1. The van der Waals surface area contributed by atoms with Crippen molar-refractivity contribution in [1.29, 1.82) is 0 Å². The van der Waals surface area contributed by atoms with Crippen molar-refractivity contribution in [3.63, 3.8) is 0 Å². The largest absolute Gasteiger partial charge is 0.373 e. The highest BCUT2D eigenvalue weighted by atomic mass is 15.2. The zero-order chi connectivity index (χ0) is 11.3. The minimum absolute atomic E-state index is 0.537. The van der Waals surface area contributed by atoms with Crippen LogP contribution < -0.4 is 10.2 Å². The Morgan fingerprint density at radius 2 is 2.20 bits per heavy atom. The molecule has 1 heterocycles. The molecule has 84 valence electrons. The van der Waals surface area contributed by atoms with Gasteiger partial charge in [-0.2, -0.15) is 0 Å². The van der Waals surface area contributed by atoms with Crippen LogP contribution in [0, 0.1) is 0 Å². The molecule has 0 radical (unpaired) electrons. The first-order valence-electron chi connectivity index (χ1n) is 5.56. The van der Waals surface area contributed by atoms with E-state index in [1.54, 1.807) is 0 Å². The summed E-state index contributed by atoms with van der Waals surface area (Å²) in [5.74, 6) is 1.95. The van der Waals surface area contributed by atoms with E-state index < -0.39 is 0 Å². The van der Waals surface area contributed by atoms with E-state index in [0.29, 0.717) is 6.04 Å². The molecule has 3 nitrogen and oxygen atoms in total. The van der Waals surface area contributed by atoms with Gasteiger partial charge in [0, 0.05) is 20.1 Å². The average Bonchev–Trinajstić information content (AvgIpc) is 2.28. The van der Waals surface area contributed by atoms with Gasteiger partial charge < -0.3 is 10.2 Å². The van der Waals surface area contributed by atoms with Crippen molar-refractivity contribution in [1.82, 2.24) is 4.98 Å². The average molecular weight is 207 g/mol. The Hall–Kier alpha value is -1.25. The molecule has 1 aromatic rings. The van der Waals surface area contributed by atoms with Gasteiger partial charge in [-0.05, 0) is 25.5 Å². The van der Waals surface area contributed by atoms with Gasteiger partial charge >= 0.3 is 0 Å². The summed E-state index contributed by atoms with van der Waals surface area (Å²) in [5, 5.41) is 3.06. The summed E-state index contributed by atoms with van der Waals surface area (Å²) in [4.78, 5) is 6.74. The number of hydrogen-bond acceptors (Lipinski definition) is 3. The van der Waals surface area contributed by atoms with E-state index in [4.69, 9.17) is 0 Å². The van der Waals surface area contributed by atoms with Crippen LogP contribution in [0.25, 0.3) is 0 Å². The summed E-state index contributed by atoms with van der Waals surface area (Å²) in [6.07, 6.45) is 2.40. The molecular weight excluding hydrogens is 186 g/mol. The summed E-state index contributed by atoms with van der Waals surface area (Å²) in [5.41, 5.74) is 0. The van der Waals surface area contributed by atoms with Gasteiger partial charge in [-0.15, -0.1) is 0 Å². The van der Waals surface area contributed by atoms with Crippen molar-refractivity contribution in [3.05, 3.63) is 18.2 Å². The van der Waals surface area contributed by atoms with Crippen molar-refractivity contribution >= 4 is 11.6 Å². The lowest BCUT2D eigenvalue weighted by atomic mass is 10.2. The fraction of sp³-hybridized carbons (Fsp3) is 0.583. The number of nitrogens with one attached hydrogen (secondary N) is 1. The van der Waals surface area contributed by atoms with E-state index >= 15 is 0 Å². The Kier molecular flexibility index (Phi) is 4.40. The van der Waals surface area contributed by atoms with E-state index in [0.717, 1.165) is 11.6 Å². The molecule has 0 aliphatic rings. The topological polar surface area (TPSA) is 28.2 Å². The van der Waals surface area contributed by atoms with E-state index in [-0.39, 0.29) is 0 Å². The summed E-state index contributed by atoms with van der Waals surface area (Å²) in [6, 6.07) is 6.59. The van der Waals surface area contributed by atoms with Crippen LogP contribution in [0.1, 0.15) is 26.7 Å². The molecule has 0 bridgehead atoms. The number of nitrogens with zero attached hydrogens (tertiary/aromatic N) is 2. The summed E-state index contributed by atoms with van der Waals surface area (Å²) < 4.78 is 0. The maximum atomic E-state index is 4.51. The molecule has 0 saturated carbocycles. The molecule has 1 aromatic heterocycles. The molecule has 1 atom stereocenters. The lowest BCUT2D eigenvalue weighted by molar-refractivity contribution is 0.611. The molecule has 1 rings (SSSR count). The fourth-order valence-corrected chi connectivity index (χ4v) is 1.60. The predicted octanol–water partition coefficient (Wildman–Crippen LogP) is 2.75. The fourth-order valence-electron chi connectivity index (χ4n) is 1.60. The van der Waals surface area contributed by atoms with Crippen LogP contribution >= 0.6 is 0 Å². The molecule has 0 fully saturated rings. The maximum absolute atomic E-state index is 4.51. The van der Waals surface area contributed by atoms with E-state index in [1.165, 1.54) is 12.8 Å². The van der Waals surface area contributed by atoms with E-state index in [2.05, 4.69) is 36.1 Å². The molecule has 15 heavy (non-hydrogen) atoms. The van der Waals surface area contributed by atoms with Crippen LogP contribution in [0.4, 0.5) is 11.6 Å². The zero-order valence-electron chi connectivity index (χ0n) is 10.1. The second-order valence-corrected chi connectivity index (χ2v) is 3.88. The Morgan fingerprint density at radius 3 is 2.80 bits per heavy atom. The Labute approximate surface area is 92.5 Å². The van der Waals surface area contributed by atoms with E-state index in [9.17, 15) is 0 Å². The molecular formula is C12H21N3. The van der Waals surface area contributed by atoms with Gasteiger partial charge in [-0.25, -0.2) is 4.98 Å². The molecule has 0 aromatic carbocycles. The Balaban J connectivity index is 2.76. The minimum Gasteiger partial charge on any atom is -0.373 e. The predicted molar refractivity (Wildman–Crippen MR) is 66.6 cm³/mol. The first-order chi connectivity index (χ1) is 7.19. The lowest BCUT2D eigenvalue weighted by Crippen LogP contribution is -2.29. The Bertz CT molecular complexity index is 299. The van der Waals surface area contributed by atoms with Crippen molar-refractivity contribution in [2.75, 3.05) is 24.3 Å². The molecule has 0 amide bonds. The summed E-state index contributed by atoms with van der Waals surface area (Å²) in [7, 11) is 3.99. The molecule has 3 heteroatoms. The lowest BCUT2D eigenvalue weighted by Gasteiger charge is -2.25. The number of aromatic nitrogens is 1. The first-order valence-corrected chi connectivity index (χ1v) is 5.56. The van der Waals surface area contributed by atoms with E-state index in [1.807, 2.05) is 25.2 Å². The highest BCUT2D eigenvalue weighted by molar-refractivity contribution is 5.46. The van der Waals surface area contributed by atoms with Crippen LogP contribution in [-0.4, -0.2) is 25.1 Å². The van der Waals surface area contributed by atoms with Crippen molar-refractivity contribution < 1.29 is 0 Å². The Morgan fingerprint density at radius 1 is 1.47 bits per heavy atom. The van der Waals surface area contributed by atoms with Gasteiger partial charge in [-0.3, -0.25) is 0 Å². The monoisotopic (exact) mass is 207 g/mol. The van der Waals surface area contributed by atoms with Gasteiger partial charge in [-0.1, -0.05) is 19.4 Å². The highest BCUT2D eigenvalue weighted by Crippen LogP contribution is 2.16. The summed E-state index contributed by atoms with van der Waals surface area (Å²) in [6.45, 7) is 4.44. The molecule has 0 spiro atoms. The van der Waals surface area contributed by atoms with Crippen LogP contribution in [-0.2, 0) is 0 Å². The van der Waals surface area contributed by atoms with Crippen molar-refractivity contribution in [3.8, 4) is 0 Å². The van der Waals surface area contributed by atoms with Gasteiger partial charge in [0.2, 0.25) is 0 Å². The summed E-state index contributed by atoms with van der Waals surface area (Å²) >= 11 is 0. The number of hydrogen-bond donors (Lipinski definition) is 1. The molecule has 0 aliphatic carbocycles. The third-order valence-electron chi connectivity index (χ3n) is 2.72. The van der Waals surface area contributed by atoms with Gasteiger partial charge in [0.25, 0.3) is 0 Å². The standard InChI is InChI=1S/C12H21N3/c1-5-7-10(2)15(4)12-9-6-8-11(13-3)14-12/h6,8-10H,5,7H2,1-4H3,(H,13,14). The number of pyridine rings is 1. The van der Waals surface area contributed by atoms with Crippen LogP contribution in [0.5, 0.6) is 0 Å². The number of anilines is 2. The van der Waals surface area contributed by atoms with Crippen LogP contribution in [0.15, 0.2) is 18.2 Å². The van der Waals surface area contributed by atoms with Gasteiger partial charge in [0.15, 0.2) is 0 Å². The minimum atomic E-state index is 0.537. The molecule has 1 unspecified atom stereocenters. The third kappa shape index (κ3) is 3.11.